The van der Waals surface area contributed by atoms with Crippen LogP contribution in [0.25, 0.3) is 33.2 Å². The lowest BCUT2D eigenvalue weighted by atomic mass is 9.90. The van der Waals surface area contributed by atoms with E-state index in [1.165, 1.54) is 12.4 Å². The first-order valence-electron chi connectivity index (χ1n) is 15.9. The zero-order valence-corrected chi connectivity index (χ0v) is 25.8. The molecule has 1 saturated heterocycles. The second kappa shape index (κ2) is 13.2. The second-order valence-corrected chi connectivity index (χ2v) is 12.3. The van der Waals surface area contributed by atoms with E-state index in [-0.39, 0.29) is 11.9 Å². The number of piperazine rings is 1. The Labute approximate surface area is 262 Å². The number of nitrogens with two attached hydrogens (primary N) is 1. The molecule has 0 spiro atoms. The summed E-state index contributed by atoms with van der Waals surface area (Å²) in [5.41, 5.74) is 11.6. The van der Waals surface area contributed by atoms with E-state index >= 15 is 0 Å². The molecule has 2 aliphatic rings. The molecule has 1 saturated carbocycles. The van der Waals surface area contributed by atoms with Gasteiger partial charge in [0.1, 0.15) is 30.4 Å². The quantitative estimate of drug-likeness (QED) is 0.167. The van der Waals surface area contributed by atoms with Gasteiger partial charge in [-0.2, -0.15) is 5.10 Å². The van der Waals surface area contributed by atoms with E-state index in [1.807, 2.05) is 12.1 Å². The average Bonchev–Trinajstić information content (AvgIpc) is 3.66. The number of hydrogen-bond acceptors (Lipinski definition) is 8. The summed E-state index contributed by atoms with van der Waals surface area (Å²) in [7, 11) is 1.65. The Balaban J connectivity index is 1.06. The largest absolute Gasteiger partial charge is 0.383 e. The Morgan fingerprint density at radius 2 is 1.78 bits per heavy atom. The molecule has 3 N–H and O–H groups in total. The van der Waals surface area contributed by atoms with Crippen LogP contribution in [0.1, 0.15) is 43.0 Å². The maximum Gasteiger partial charge on any atom is 0.164 e. The molecule has 0 bridgehead atoms. The number of aromatic amines is 1. The molecule has 45 heavy (non-hydrogen) atoms. The fourth-order valence-corrected chi connectivity index (χ4v) is 7.09. The first kappa shape index (κ1) is 29.8. The predicted molar refractivity (Wildman–Crippen MR) is 173 cm³/mol. The summed E-state index contributed by atoms with van der Waals surface area (Å²) >= 11 is 0. The summed E-state index contributed by atoms with van der Waals surface area (Å²) in [6, 6.07) is 16.1. The van der Waals surface area contributed by atoms with Gasteiger partial charge in [-0.05, 0) is 55.5 Å². The van der Waals surface area contributed by atoms with Crippen LogP contribution in [0.3, 0.4) is 0 Å². The van der Waals surface area contributed by atoms with Crippen LogP contribution >= 0.6 is 0 Å². The van der Waals surface area contributed by atoms with Gasteiger partial charge in [0.05, 0.1) is 18.0 Å². The summed E-state index contributed by atoms with van der Waals surface area (Å²) in [5.74, 6) is 0.246. The second-order valence-electron chi connectivity index (χ2n) is 12.3. The lowest BCUT2D eigenvalue weighted by molar-refractivity contribution is -0.0404. The Morgan fingerprint density at radius 1 is 0.978 bits per heavy atom. The maximum absolute atomic E-state index is 14.3. The number of H-pyrrole nitrogens is 1. The normalized spacial score (nSPS) is 20.0. The van der Waals surface area contributed by atoms with Crippen molar-refractivity contribution in [3.8, 4) is 11.3 Å². The van der Waals surface area contributed by atoms with Gasteiger partial charge in [0.15, 0.2) is 5.65 Å². The first-order chi connectivity index (χ1) is 22.1. The zero-order valence-electron chi connectivity index (χ0n) is 25.8. The molecule has 236 valence electrons. The number of ether oxygens (including phenoxy) is 2. The van der Waals surface area contributed by atoms with Crippen LogP contribution in [0, 0.1) is 5.82 Å². The van der Waals surface area contributed by atoms with Crippen LogP contribution in [-0.4, -0.2) is 93.8 Å². The first-order valence-corrected chi connectivity index (χ1v) is 15.9. The number of anilines is 1. The van der Waals surface area contributed by atoms with Gasteiger partial charge in [0.25, 0.3) is 0 Å². The molecular formula is C34H41FN8O2. The third kappa shape index (κ3) is 6.30. The van der Waals surface area contributed by atoms with Gasteiger partial charge in [-0.3, -0.25) is 9.80 Å². The number of nitrogens with one attached hydrogen (secondary N) is 1. The lowest BCUT2D eigenvalue weighted by Gasteiger charge is -2.42. The molecule has 10 nitrogen and oxygen atoms in total. The van der Waals surface area contributed by atoms with E-state index in [2.05, 4.69) is 53.7 Å². The number of rotatable bonds is 10. The van der Waals surface area contributed by atoms with Crippen molar-refractivity contribution in [3.05, 3.63) is 71.9 Å². The third-order valence-corrected chi connectivity index (χ3v) is 9.50. The van der Waals surface area contributed by atoms with Crippen LogP contribution in [0.5, 0.6) is 0 Å². The number of halogens is 1. The van der Waals surface area contributed by atoms with Gasteiger partial charge >= 0.3 is 0 Å². The lowest BCUT2D eigenvalue weighted by Crippen LogP contribution is -2.51. The highest BCUT2D eigenvalue weighted by atomic mass is 19.1. The van der Waals surface area contributed by atoms with Crippen LogP contribution in [-0.2, 0) is 15.9 Å². The van der Waals surface area contributed by atoms with Crippen molar-refractivity contribution in [2.24, 2.45) is 0 Å². The van der Waals surface area contributed by atoms with E-state index in [1.54, 1.807) is 13.2 Å². The Bertz CT molecular complexity index is 1750. The van der Waals surface area contributed by atoms with Crippen molar-refractivity contribution in [1.29, 1.82) is 0 Å². The van der Waals surface area contributed by atoms with E-state index in [0.29, 0.717) is 37.2 Å². The molecule has 1 aliphatic carbocycles. The van der Waals surface area contributed by atoms with E-state index in [0.717, 1.165) is 97.3 Å². The van der Waals surface area contributed by atoms with Crippen molar-refractivity contribution in [2.45, 2.75) is 44.2 Å². The molecule has 7 rings (SSSR count). The van der Waals surface area contributed by atoms with Gasteiger partial charge in [-0.25, -0.2) is 19.0 Å². The number of aromatic nitrogens is 5. The van der Waals surface area contributed by atoms with Gasteiger partial charge in [0.2, 0.25) is 0 Å². The molecule has 0 amide bonds. The highest BCUT2D eigenvalue weighted by Crippen LogP contribution is 2.38. The zero-order chi connectivity index (χ0) is 30.8. The summed E-state index contributed by atoms with van der Waals surface area (Å²) in [6.07, 6.45) is 6.41. The van der Waals surface area contributed by atoms with E-state index in [4.69, 9.17) is 20.3 Å². The summed E-state index contributed by atoms with van der Waals surface area (Å²) in [4.78, 5) is 17.6. The van der Waals surface area contributed by atoms with Gasteiger partial charge in [-0.1, -0.05) is 24.3 Å². The van der Waals surface area contributed by atoms with Gasteiger partial charge in [-0.15, -0.1) is 0 Å². The van der Waals surface area contributed by atoms with E-state index in [9.17, 15) is 4.39 Å². The molecule has 3 aromatic heterocycles. The molecule has 4 heterocycles. The highest BCUT2D eigenvalue weighted by Gasteiger charge is 2.31. The van der Waals surface area contributed by atoms with Gasteiger partial charge in [0, 0.05) is 74.5 Å². The molecule has 2 aromatic carbocycles. The number of nitrogen functional groups attached to an aromatic ring is 1. The molecule has 11 heteroatoms. The molecule has 0 unspecified atom stereocenters. The highest BCUT2D eigenvalue weighted by molar-refractivity contribution is 6.00. The minimum atomic E-state index is -0.194. The molecule has 2 fully saturated rings. The Hall–Kier alpha value is -3.90. The number of fused-ring (bicyclic) bond motifs is 2. The molecule has 0 radical (unpaired) electrons. The Morgan fingerprint density at radius 3 is 2.58 bits per heavy atom. The maximum atomic E-state index is 14.3. The minimum absolute atomic E-state index is 0.194. The number of methoxy groups -OCH3 is 1. The summed E-state index contributed by atoms with van der Waals surface area (Å²) in [6.45, 7) is 6.38. The average molecular weight is 613 g/mol. The molecule has 5 aromatic rings. The van der Waals surface area contributed by atoms with Crippen molar-refractivity contribution in [2.75, 3.05) is 59.0 Å². The fraction of sp³-hybridized carbons (Fsp3) is 0.441. The van der Waals surface area contributed by atoms with Crippen molar-refractivity contribution < 1.29 is 13.9 Å². The van der Waals surface area contributed by atoms with E-state index < -0.39 is 0 Å². The van der Waals surface area contributed by atoms with Crippen molar-refractivity contribution >= 4 is 27.8 Å². The minimum Gasteiger partial charge on any atom is -0.383 e. The number of hydrogen-bond donors (Lipinski definition) is 2. The van der Waals surface area contributed by atoms with Crippen molar-refractivity contribution in [1.82, 2.24) is 34.5 Å². The van der Waals surface area contributed by atoms with Crippen LogP contribution < -0.4 is 5.73 Å². The smallest absolute Gasteiger partial charge is 0.164 e. The topological polar surface area (TPSA) is 110 Å². The third-order valence-electron chi connectivity index (χ3n) is 9.50. The van der Waals surface area contributed by atoms with Crippen LogP contribution in [0.4, 0.5) is 10.2 Å². The van der Waals surface area contributed by atoms with Crippen LogP contribution in [0.2, 0.25) is 0 Å². The fourth-order valence-electron chi connectivity index (χ4n) is 7.09. The standard InChI is InChI=1S/C34H41FN8O2/c1-44-22-45-17-16-41-12-14-42(15-13-41)27-7-9-28(10-8-27)43-34-31(33(36)37-21-38-34)32(40-43)24-6-11-30-25(18-24)20-26(39-30)19-23-4-2-3-5-29(23)35/h2-6,11,18,20-21,27-28,39H,7-10,12-17,19,22H2,1H3,(H2,36,37,38)/t27-,28-. The number of nitrogens with zero attached hydrogens (tertiary/aromatic N) is 6. The number of benzene rings is 2. The molecule has 1 aliphatic heterocycles. The summed E-state index contributed by atoms with van der Waals surface area (Å²) in [5, 5.41) is 7.00. The SMILES string of the molecule is COCOCCN1CCN([C@H]2CC[C@H](n3nc(-c4ccc5[nH]c(Cc6ccccc6F)cc5c4)c4c(N)ncnc43)CC2)CC1. The Kier molecular flexibility index (Phi) is 8.75. The van der Waals surface area contributed by atoms with Crippen molar-refractivity contribution in [3.63, 3.8) is 0 Å². The van der Waals surface area contributed by atoms with Gasteiger partial charge < -0.3 is 20.2 Å². The predicted octanol–water partition coefficient (Wildman–Crippen LogP) is 5.01. The monoisotopic (exact) mass is 612 g/mol. The molecular weight excluding hydrogens is 571 g/mol. The summed E-state index contributed by atoms with van der Waals surface area (Å²) < 4.78 is 26.8. The molecule has 0 atom stereocenters. The van der Waals surface area contributed by atoms with Crippen LogP contribution in [0.15, 0.2) is 54.9 Å².